The zero-order valence-corrected chi connectivity index (χ0v) is 70.1. The van der Waals surface area contributed by atoms with E-state index in [4.69, 9.17) is 55.0 Å². The largest absolute Gasteiger partial charge is 0.506 e. The van der Waals surface area contributed by atoms with Crippen molar-refractivity contribution in [1.29, 1.82) is 5.26 Å². The van der Waals surface area contributed by atoms with E-state index >= 15 is 0 Å². The number of hydrogen-bond acceptors (Lipinski definition) is 36. The molecular formula is C88H58Cl3F6N21O15. The van der Waals surface area contributed by atoms with E-state index in [-0.39, 0.29) is 150 Å². The number of fused-ring (bicyclic) bond motifs is 10. The minimum Gasteiger partial charge on any atom is -0.506 e. The highest BCUT2D eigenvalue weighted by Gasteiger charge is 2.19. The van der Waals surface area contributed by atoms with Gasteiger partial charge in [-0.15, -0.1) is 0 Å². The van der Waals surface area contributed by atoms with Crippen LogP contribution < -0.4 is 4.74 Å². The summed E-state index contributed by atoms with van der Waals surface area (Å²) in [6, 6.07) is 27.7. The molecule has 36 nitrogen and oxygen atoms in total. The summed E-state index contributed by atoms with van der Waals surface area (Å²) < 4.78 is 82.3. The zero-order valence-electron chi connectivity index (χ0n) is 67.8. The Hall–Kier alpha value is -17.7. The molecule has 11 N–H and O–H groups in total. The first kappa shape index (κ1) is 96.0. The standard InChI is InChI=1S/C11H7N3O2.C10H7ClN2O2.C10H8N2O2.C9H8N2O3.2C8H4ClFN2O.C8H4F2N2O.2C8H5FN2O.C8H6N2O/c1-6(15)8-3-2-7-5-13-9(4-12)14-10(7)11(8)16;1-5(14)7-3-2-6-4-12-10(11)13-8(6)9(7)15;1-6(13)8-3-2-7-4-11-5-12-9(7)10(8)14;12-5-14-7-2-1-6-3-10-4-11-8(6)9(7)13;9-5-1-6(10)4-2-11-3-12-7(4)8(5)13;2*9-5-1-6(10)8(13)7-4(5)2-11-3-12-7;9-6-1-2-7(12)8-5(6)3-10-4-11-8;9-6-2-1-5-3-10-4-11-7(5)8(6)12;11-7-3-1-2-6-4-9-5-10-8(6)7/h2-3,5,16H,1H3;2-4,15H,1H3;2-5,14H,1H3;1-4,12-13H,5H2;3*1-3,13H;2*1-4,12H;1-5,11H. The molecule has 133 heavy (non-hydrogen) atoms. The molecule has 45 heteroatoms. The van der Waals surface area contributed by atoms with Crippen molar-refractivity contribution in [2.24, 2.45) is 0 Å². The van der Waals surface area contributed by atoms with E-state index < -0.39 is 58.9 Å². The van der Waals surface area contributed by atoms with E-state index in [0.717, 1.165) is 34.6 Å². The second kappa shape index (κ2) is 44.2. The Morgan fingerprint density at radius 3 is 1.17 bits per heavy atom. The van der Waals surface area contributed by atoms with Gasteiger partial charge >= 0.3 is 0 Å². The third-order valence-corrected chi connectivity index (χ3v) is 18.7. The molecular weight excluding hydrogens is 1810 g/mol. The number of aromatic nitrogens is 20. The van der Waals surface area contributed by atoms with Crippen molar-refractivity contribution >= 4 is 161 Å². The highest BCUT2D eigenvalue weighted by molar-refractivity contribution is 6.35. The second-order valence-electron chi connectivity index (χ2n) is 26.3. The molecule has 0 radical (unpaired) electrons. The number of phenols is 10. The number of rotatable bonds is 5. The lowest BCUT2D eigenvalue weighted by Gasteiger charge is -2.06. The maximum absolute atomic E-state index is 13.2. The van der Waals surface area contributed by atoms with Crippen LogP contribution in [0.5, 0.6) is 63.2 Å². The molecule has 0 aliphatic carbocycles. The molecule has 0 spiro atoms. The minimum absolute atomic E-state index is 0.00130. The highest BCUT2D eigenvalue weighted by atomic mass is 35.5. The molecule has 0 saturated carbocycles. The molecule has 10 aromatic carbocycles. The van der Waals surface area contributed by atoms with Crippen LogP contribution in [0.1, 0.15) is 57.7 Å². The van der Waals surface area contributed by atoms with Gasteiger partial charge in [0.2, 0.25) is 11.1 Å². The Morgan fingerprint density at radius 1 is 0.323 bits per heavy atom. The Morgan fingerprint density at radius 2 is 0.677 bits per heavy atom. The number of para-hydroxylation sites is 1. The van der Waals surface area contributed by atoms with Crippen molar-refractivity contribution in [3.63, 3.8) is 0 Å². The highest BCUT2D eigenvalue weighted by Crippen LogP contribution is 2.37. The number of phenolic OH excluding ortho intramolecular Hbond substituents is 10. The first-order valence-corrected chi connectivity index (χ1v) is 38.4. The predicted octanol–water partition coefficient (Wildman–Crippen LogP) is 16.0. The van der Waals surface area contributed by atoms with Crippen molar-refractivity contribution in [2.75, 3.05) is 6.79 Å². The molecule has 0 atom stereocenters. The van der Waals surface area contributed by atoms with E-state index in [1.165, 1.54) is 145 Å². The van der Waals surface area contributed by atoms with Crippen LogP contribution in [0.2, 0.25) is 15.3 Å². The van der Waals surface area contributed by atoms with Gasteiger partial charge in [0.1, 0.15) is 141 Å². The smallest absolute Gasteiger partial charge is 0.232 e. The number of nitriles is 1. The Kier molecular flexibility index (Phi) is 31.9. The maximum atomic E-state index is 13.2. The van der Waals surface area contributed by atoms with Gasteiger partial charge in [0.15, 0.2) is 93.3 Å². The lowest BCUT2D eigenvalue weighted by Crippen LogP contribution is -1.96. The number of aliphatic hydroxyl groups excluding tert-OH is 1. The van der Waals surface area contributed by atoms with Crippen LogP contribution in [0, 0.1) is 46.2 Å². The van der Waals surface area contributed by atoms with Crippen LogP contribution in [0.3, 0.4) is 0 Å². The third-order valence-electron chi connectivity index (χ3n) is 17.9. The molecule has 0 aliphatic heterocycles. The summed E-state index contributed by atoms with van der Waals surface area (Å²) in [7, 11) is 0. The number of benzene rings is 10. The normalized spacial score (nSPS) is 10.4. The van der Waals surface area contributed by atoms with Gasteiger partial charge in [-0.3, -0.25) is 14.4 Å². The number of hydrogen-bond donors (Lipinski definition) is 11. The van der Waals surface area contributed by atoms with Gasteiger partial charge in [-0.05, 0) is 105 Å². The van der Waals surface area contributed by atoms with Crippen molar-refractivity contribution in [2.45, 2.75) is 20.8 Å². The number of ketones is 3. The molecule has 20 aromatic rings. The lowest BCUT2D eigenvalue weighted by atomic mass is 10.1. The number of halogens is 9. The van der Waals surface area contributed by atoms with Crippen LogP contribution in [0.4, 0.5) is 26.3 Å². The molecule has 0 fully saturated rings. The SMILES string of the molecule is CC(=O)c1ccc2cnc(C#N)nc2c1O.CC(=O)c1ccc2cnc(Cl)nc2c1O.CC(=O)c1ccc2cncnc2c1O.OCOc1ccc2cncnc2c1O.Oc1c(Cl)cc(F)c2cncnc12.Oc1c(F)cc(Cl)c2cncnc12.Oc1c(F)cc(F)c2cncnc12.Oc1c(F)ccc2cncnc12.Oc1ccc(F)c2cncnc12.Oc1cccc2cncnc12. The molecule has 10 heterocycles. The number of Topliss-reactive ketones (excluding diaryl/α,β-unsaturated/α-hetero) is 3. The molecule has 0 bridgehead atoms. The fourth-order valence-corrected chi connectivity index (χ4v) is 12.1. The summed E-state index contributed by atoms with van der Waals surface area (Å²) in [5.41, 5.74) is 3.26. The quantitative estimate of drug-likeness (QED) is 0.0330. The second-order valence-corrected chi connectivity index (χ2v) is 27.5. The van der Waals surface area contributed by atoms with Gasteiger partial charge < -0.3 is 60.9 Å². The number of ether oxygens (including phenoxy) is 1. The van der Waals surface area contributed by atoms with Gasteiger partial charge in [0.05, 0.1) is 42.9 Å². The molecule has 0 saturated heterocycles. The van der Waals surface area contributed by atoms with Crippen molar-refractivity contribution < 1.29 is 102 Å². The first-order chi connectivity index (χ1) is 63.8. The predicted molar refractivity (Wildman–Crippen MR) is 469 cm³/mol. The number of aliphatic hydroxyl groups is 1. The fourth-order valence-electron chi connectivity index (χ4n) is 11.5. The van der Waals surface area contributed by atoms with E-state index in [9.17, 15) is 86.7 Å². The van der Waals surface area contributed by atoms with Crippen molar-refractivity contribution in [3.05, 3.63) is 295 Å². The average molecular weight is 1870 g/mol. The van der Waals surface area contributed by atoms with Gasteiger partial charge in [0, 0.05) is 106 Å². The van der Waals surface area contributed by atoms with Crippen molar-refractivity contribution in [1.82, 2.24) is 99.7 Å². The van der Waals surface area contributed by atoms with Gasteiger partial charge in [-0.2, -0.15) is 5.26 Å². The third kappa shape index (κ3) is 23.2. The summed E-state index contributed by atoms with van der Waals surface area (Å²) in [6.45, 7) is 3.66. The van der Waals surface area contributed by atoms with Crippen LogP contribution in [-0.4, -0.2) is 180 Å². The lowest BCUT2D eigenvalue weighted by molar-refractivity contribution is 0.0957. The molecule has 20 rings (SSSR count). The van der Waals surface area contributed by atoms with Gasteiger partial charge in [-0.1, -0.05) is 53.5 Å². The van der Waals surface area contributed by atoms with Gasteiger partial charge in [-0.25, -0.2) is 126 Å². The summed E-state index contributed by atoms with van der Waals surface area (Å²) in [4.78, 5) is 109. The van der Waals surface area contributed by atoms with Crippen LogP contribution in [-0.2, 0) is 0 Å². The molecule has 668 valence electrons. The maximum Gasteiger partial charge on any atom is 0.232 e. The van der Waals surface area contributed by atoms with E-state index in [0.29, 0.717) is 49.7 Å². The number of nitrogens with zero attached hydrogens (tertiary/aromatic N) is 21. The summed E-state index contributed by atoms with van der Waals surface area (Å²) in [5.74, 6) is -6.85. The Labute approximate surface area is 755 Å². The summed E-state index contributed by atoms with van der Waals surface area (Å²) in [5, 5.41) is 117. The Bertz CT molecular complexity index is 7580. The van der Waals surface area contributed by atoms with Crippen LogP contribution in [0.15, 0.2) is 222 Å². The molecule has 0 amide bonds. The first-order valence-electron chi connectivity index (χ1n) is 37.3. The summed E-state index contributed by atoms with van der Waals surface area (Å²) >= 11 is 16.9. The minimum atomic E-state index is -1.02. The van der Waals surface area contributed by atoms with Crippen LogP contribution >= 0.6 is 34.8 Å². The summed E-state index contributed by atoms with van der Waals surface area (Å²) in [6.07, 6.45) is 24.7. The van der Waals surface area contributed by atoms with E-state index in [1.807, 2.05) is 6.07 Å². The Balaban J connectivity index is 0.000000143. The zero-order chi connectivity index (χ0) is 95.9. The molecule has 10 aromatic heterocycles. The van der Waals surface area contributed by atoms with Crippen molar-refractivity contribution in [3.8, 4) is 69.3 Å². The number of carbonyl (C=O) groups is 3. The monoisotopic (exact) mass is 1870 g/mol. The average Bonchev–Trinajstić information content (AvgIpc) is 0.769. The van der Waals surface area contributed by atoms with E-state index in [2.05, 4.69) is 99.7 Å². The number of aromatic hydroxyl groups is 10. The fraction of sp³-hybridized carbons (Fsp3) is 0.0455. The van der Waals surface area contributed by atoms with Crippen LogP contribution in [0.25, 0.3) is 109 Å². The molecule has 0 unspecified atom stereocenters. The van der Waals surface area contributed by atoms with Gasteiger partial charge in [0.25, 0.3) is 0 Å². The molecule has 0 aliphatic rings. The number of carbonyl (C=O) groups excluding carboxylic acids is 3. The topological polar surface area (TPSA) is 565 Å². The van der Waals surface area contributed by atoms with E-state index in [1.54, 1.807) is 73.2 Å².